The lowest BCUT2D eigenvalue weighted by molar-refractivity contribution is 0.384. The van der Waals surface area contributed by atoms with E-state index in [9.17, 15) is 0 Å². The third-order valence-electron chi connectivity index (χ3n) is 1.04. The number of epoxide rings is 1. The molecule has 42 valence electrons. The monoisotopic (exact) mass is 101 g/mol. The van der Waals surface area contributed by atoms with Crippen LogP contribution in [0.5, 0.6) is 0 Å². The third-order valence-corrected chi connectivity index (χ3v) is 1.04. The van der Waals surface area contributed by atoms with Gasteiger partial charge in [-0.25, -0.2) is 0 Å². The molecule has 0 unspecified atom stereocenters. The van der Waals surface area contributed by atoms with E-state index in [1.165, 1.54) is 0 Å². The number of rotatable bonds is 2. The highest BCUT2D eigenvalue weighted by Gasteiger charge is 2.22. The van der Waals surface area contributed by atoms with Crippen LogP contribution in [0.15, 0.2) is 0 Å². The van der Waals surface area contributed by atoms with Crippen molar-refractivity contribution in [2.75, 3.05) is 6.61 Å². The smallest absolute Gasteiger partial charge is 0.0824 e. The lowest BCUT2D eigenvalue weighted by Gasteiger charge is -1.96. The first kappa shape index (κ1) is 5.06. The molecule has 0 saturated carbocycles. The van der Waals surface area contributed by atoms with E-state index >= 15 is 0 Å². The van der Waals surface area contributed by atoms with E-state index in [2.05, 4.69) is 0 Å². The topological polar surface area (TPSA) is 38.5 Å². The molecule has 1 fully saturated rings. The van der Waals surface area contributed by atoms with Crippen molar-refractivity contribution in [1.82, 2.24) is 0 Å². The van der Waals surface area contributed by atoms with Gasteiger partial charge in [0.15, 0.2) is 0 Å². The Morgan fingerprint density at radius 3 is 2.71 bits per heavy atom. The largest absolute Gasteiger partial charge is 0.373 e. The summed E-state index contributed by atoms with van der Waals surface area (Å²) in [6, 6.07) is 0.312. The van der Waals surface area contributed by atoms with E-state index in [4.69, 9.17) is 10.5 Å². The molecule has 1 heterocycles. The Morgan fingerprint density at radius 2 is 2.57 bits per heavy atom. The maximum Gasteiger partial charge on any atom is 0.0824 e. The van der Waals surface area contributed by atoms with Crippen LogP contribution in [0.4, 0.5) is 0 Å². The summed E-state index contributed by atoms with van der Waals surface area (Å²) in [5.41, 5.74) is 5.45. The molecule has 0 aromatic heterocycles. The predicted octanol–water partition coefficient (Wildman–Crippen LogP) is 0.123. The summed E-state index contributed by atoms with van der Waals surface area (Å²) in [6.45, 7) is 2.93. The summed E-state index contributed by atoms with van der Waals surface area (Å²) in [5, 5.41) is 0. The maximum absolute atomic E-state index is 5.45. The van der Waals surface area contributed by atoms with Gasteiger partial charge in [-0.15, -0.1) is 0 Å². The fourth-order valence-electron chi connectivity index (χ4n) is 0.619. The first-order chi connectivity index (χ1) is 3.29. The molecule has 0 aromatic carbocycles. The molecule has 2 heteroatoms. The van der Waals surface area contributed by atoms with E-state index in [0.29, 0.717) is 12.1 Å². The summed E-state index contributed by atoms with van der Waals surface area (Å²) in [6.07, 6.45) is 1.53. The molecule has 2 nitrogen and oxygen atoms in total. The highest BCUT2D eigenvalue weighted by Crippen LogP contribution is 2.13. The van der Waals surface area contributed by atoms with Gasteiger partial charge in [-0.05, 0) is 13.3 Å². The van der Waals surface area contributed by atoms with Gasteiger partial charge in [0.05, 0.1) is 12.7 Å². The molecule has 1 rings (SSSR count). The Labute approximate surface area is 43.6 Å². The van der Waals surface area contributed by atoms with Gasteiger partial charge in [-0.3, -0.25) is 0 Å². The van der Waals surface area contributed by atoms with Crippen LogP contribution >= 0.6 is 0 Å². The zero-order chi connectivity index (χ0) is 5.28. The summed E-state index contributed by atoms with van der Waals surface area (Å²) < 4.78 is 4.94. The molecular weight excluding hydrogens is 90.1 g/mol. The van der Waals surface area contributed by atoms with E-state index < -0.39 is 0 Å². The molecule has 0 radical (unpaired) electrons. The van der Waals surface area contributed by atoms with Crippen molar-refractivity contribution in [2.45, 2.75) is 25.5 Å². The quantitative estimate of drug-likeness (QED) is 0.502. The fourth-order valence-corrected chi connectivity index (χ4v) is 0.619. The first-order valence-electron chi connectivity index (χ1n) is 2.66. The van der Waals surface area contributed by atoms with Gasteiger partial charge < -0.3 is 10.5 Å². The van der Waals surface area contributed by atoms with Gasteiger partial charge in [0.2, 0.25) is 0 Å². The van der Waals surface area contributed by atoms with Crippen molar-refractivity contribution < 1.29 is 4.74 Å². The van der Waals surface area contributed by atoms with E-state index in [-0.39, 0.29) is 0 Å². The van der Waals surface area contributed by atoms with Gasteiger partial charge in [0.25, 0.3) is 0 Å². The summed E-state index contributed by atoms with van der Waals surface area (Å²) in [5.74, 6) is 0. The van der Waals surface area contributed by atoms with Crippen molar-refractivity contribution in [3.8, 4) is 0 Å². The zero-order valence-corrected chi connectivity index (χ0v) is 4.55. The van der Waals surface area contributed by atoms with Gasteiger partial charge in [0.1, 0.15) is 0 Å². The van der Waals surface area contributed by atoms with Crippen LogP contribution in [-0.4, -0.2) is 18.8 Å². The van der Waals surface area contributed by atoms with E-state index in [0.717, 1.165) is 13.0 Å². The van der Waals surface area contributed by atoms with Crippen molar-refractivity contribution in [2.24, 2.45) is 5.73 Å². The van der Waals surface area contributed by atoms with Crippen molar-refractivity contribution in [1.29, 1.82) is 0 Å². The first-order valence-corrected chi connectivity index (χ1v) is 2.66. The second kappa shape index (κ2) is 1.80. The lowest BCUT2D eigenvalue weighted by Crippen LogP contribution is -2.16. The van der Waals surface area contributed by atoms with E-state index in [1.807, 2.05) is 6.92 Å². The summed E-state index contributed by atoms with van der Waals surface area (Å²) >= 11 is 0. The molecule has 1 saturated heterocycles. The minimum absolute atomic E-state index is 0.312. The summed E-state index contributed by atoms with van der Waals surface area (Å²) in [7, 11) is 0. The van der Waals surface area contributed by atoms with Crippen LogP contribution in [0.2, 0.25) is 0 Å². The predicted molar refractivity (Wildman–Crippen MR) is 28.0 cm³/mol. The van der Waals surface area contributed by atoms with Crippen LogP contribution in [0, 0.1) is 0 Å². The molecule has 0 bridgehead atoms. The molecule has 0 amide bonds. The van der Waals surface area contributed by atoms with Gasteiger partial charge in [-0.1, -0.05) is 0 Å². The highest BCUT2D eigenvalue weighted by atomic mass is 16.6. The molecule has 0 spiro atoms. The minimum atomic E-state index is 0.312. The molecular formula is C5H11NO. The number of nitrogens with two attached hydrogens (primary N) is 1. The van der Waals surface area contributed by atoms with Crippen molar-refractivity contribution >= 4 is 0 Å². The Kier molecular flexibility index (Phi) is 1.30. The zero-order valence-electron chi connectivity index (χ0n) is 4.55. The van der Waals surface area contributed by atoms with Crippen molar-refractivity contribution in [3.63, 3.8) is 0 Å². The average molecular weight is 101 g/mol. The Hall–Kier alpha value is -0.0800. The van der Waals surface area contributed by atoms with Gasteiger partial charge in [-0.2, -0.15) is 0 Å². The van der Waals surface area contributed by atoms with Crippen LogP contribution in [-0.2, 0) is 4.74 Å². The SMILES string of the molecule is C[C@H](N)C[C@@H]1CO1. The third kappa shape index (κ3) is 1.90. The number of hydrogen-bond donors (Lipinski definition) is 1. The number of hydrogen-bond acceptors (Lipinski definition) is 2. The molecule has 2 N–H and O–H groups in total. The normalized spacial score (nSPS) is 32.6. The average Bonchev–Trinajstić information content (AvgIpc) is 2.17. The van der Waals surface area contributed by atoms with Crippen LogP contribution in [0.3, 0.4) is 0 Å². The number of ether oxygens (including phenoxy) is 1. The van der Waals surface area contributed by atoms with Crippen molar-refractivity contribution in [3.05, 3.63) is 0 Å². The van der Waals surface area contributed by atoms with Crippen LogP contribution in [0.1, 0.15) is 13.3 Å². The van der Waals surface area contributed by atoms with Gasteiger partial charge >= 0.3 is 0 Å². The summed E-state index contributed by atoms with van der Waals surface area (Å²) in [4.78, 5) is 0. The molecule has 7 heavy (non-hydrogen) atoms. The maximum atomic E-state index is 5.45. The fraction of sp³-hybridized carbons (Fsp3) is 1.00. The van der Waals surface area contributed by atoms with Gasteiger partial charge in [0, 0.05) is 6.04 Å². The molecule has 2 atom stereocenters. The molecule has 0 aromatic rings. The Morgan fingerprint density at radius 1 is 2.00 bits per heavy atom. The molecule has 0 aliphatic carbocycles. The minimum Gasteiger partial charge on any atom is -0.373 e. The second-order valence-corrected chi connectivity index (χ2v) is 2.17. The standard InChI is InChI=1S/C5H11NO/c1-4(6)2-5-3-7-5/h4-5H,2-3,6H2,1H3/t4-,5+/m0/s1. The highest BCUT2D eigenvalue weighted by molar-refractivity contribution is 4.72. The molecule has 1 aliphatic rings. The Bertz CT molecular complexity index is 59.1. The lowest BCUT2D eigenvalue weighted by atomic mass is 10.2. The Balaban J connectivity index is 1.97. The van der Waals surface area contributed by atoms with Crippen LogP contribution in [0.25, 0.3) is 0 Å². The van der Waals surface area contributed by atoms with Crippen LogP contribution < -0.4 is 5.73 Å². The second-order valence-electron chi connectivity index (χ2n) is 2.17. The molecule has 1 aliphatic heterocycles. The van der Waals surface area contributed by atoms with E-state index in [1.54, 1.807) is 0 Å².